The lowest BCUT2D eigenvalue weighted by Crippen LogP contribution is -2.52. The van der Waals surface area contributed by atoms with Crippen LogP contribution in [0, 0.1) is 0 Å². The quantitative estimate of drug-likeness (QED) is 0.411. The number of benzene rings is 1. The molecule has 0 saturated carbocycles. The van der Waals surface area contributed by atoms with Gasteiger partial charge in [0.05, 0.1) is 0 Å². The highest BCUT2D eigenvalue weighted by Gasteiger charge is 2.38. The summed E-state index contributed by atoms with van der Waals surface area (Å²) in [6, 6.07) is 5.38. The predicted octanol–water partition coefficient (Wildman–Crippen LogP) is 2.53. The van der Waals surface area contributed by atoms with Crippen LogP contribution in [0.3, 0.4) is 0 Å². The van der Waals surface area contributed by atoms with Crippen molar-refractivity contribution in [3.63, 3.8) is 0 Å². The summed E-state index contributed by atoms with van der Waals surface area (Å²) >= 11 is 0. The molecule has 6 nitrogen and oxygen atoms in total. The molecule has 6 heteroatoms. The van der Waals surface area contributed by atoms with E-state index >= 15 is 0 Å². The zero-order valence-corrected chi connectivity index (χ0v) is 15.5. The Hall–Kier alpha value is -2.50. The van der Waals surface area contributed by atoms with E-state index in [9.17, 15) is 19.2 Å². The fourth-order valence-corrected chi connectivity index (χ4v) is 3.87. The number of rotatable bonds is 9. The first-order valence-electron chi connectivity index (χ1n) is 9.80. The van der Waals surface area contributed by atoms with Crippen molar-refractivity contribution in [2.24, 2.45) is 0 Å². The number of piperidine rings is 1. The lowest BCUT2D eigenvalue weighted by molar-refractivity contribution is -0.136. The van der Waals surface area contributed by atoms with E-state index in [0.29, 0.717) is 24.9 Å². The summed E-state index contributed by atoms with van der Waals surface area (Å²) in [5.41, 5.74) is 2.84. The molecule has 2 heterocycles. The number of amides is 3. The zero-order chi connectivity index (χ0) is 19.2. The molecule has 0 aromatic heterocycles. The standard InChI is InChI=1S/C21H26N2O4/c24-12-6-4-2-1-3-5-7-15-8-9-17-16(13-15)14-23(21(17)27)18-10-11-19(25)22-20(18)26/h8-9,12-13,18H,1-7,10-11,14H2,(H,22,25,26). The zero-order valence-electron chi connectivity index (χ0n) is 15.5. The molecule has 1 fully saturated rings. The minimum atomic E-state index is -0.558. The van der Waals surface area contributed by atoms with Crippen LogP contribution < -0.4 is 5.32 Å². The van der Waals surface area contributed by atoms with Crippen molar-refractivity contribution in [3.8, 4) is 0 Å². The van der Waals surface area contributed by atoms with Gasteiger partial charge in [0, 0.05) is 24.9 Å². The van der Waals surface area contributed by atoms with Crippen molar-refractivity contribution in [2.75, 3.05) is 0 Å². The van der Waals surface area contributed by atoms with Crippen molar-refractivity contribution in [3.05, 3.63) is 34.9 Å². The number of carbonyl (C=O) groups excluding carboxylic acids is 4. The second-order valence-electron chi connectivity index (χ2n) is 7.36. The van der Waals surface area contributed by atoms with Crippen LogP contribution in [0.1, 0.15) is 72.9 Å². The van der Waals surface area contributed by atoms with Gasteiger partial charge in [-0.05, 0) is 42.9 Å². The first-order chi connectivity index (χ1) is 13.1. The molecule has 3 rings (SSSR count). The lowest BCUT2D eigenvalue weighted by Gasteiger charge is -2.29. The number of imide groups is 1. The van der Waals surface area contributed by atoms with E-state index in [1.807, 2.05) is 12.1 Å². The highest BCUT2D eigenvalue weighted by atomic mass is 16.2. The third kappa shape index (κ3) is 4.62. The van der Waals surface area contributed by atoms with Crippen molar-refractivity contribution >= 4 is 24.0 Å². The van der Waals surface area contributed by atoms with E-state index in [1.165, 1.54) is 5.56 Å². The maximum absolute atomic E-state index is 12.7. The van der Waals surface area contributed by atoms with Crippen molar-refractivity contribution < 1.29 is 19.2 Å². The molecule has 1 aromatic carbocycles. The summed E-state index contributed by atoms with van der Waals surface area (Å²) < 4.78 is 0. The molecule has 2 aliphatic heterocycles. The number of hydrogen-bond acceptors (Lipinski definition) is 4. The van der Waals surface area contributed by atoms with Gasteiger partial charge in [0.2, 0.25) is 11.8 Å². The monoisotopic (exact) mass is 370 g/mol. The summed E-state index contributed by atoms with van der Waals surface area (Å²) in [6.07, 6.45) is 8.69. The van der Waals surface area contributed by atoms with Crippen LogP contribution in [0.25, 0.3) is 0 Å². The third-order valence-corrected chi connectivity index (χ3v) is 5.38. The lowest BCUT2D eigenvalue weighted by atomic mass is 10.0. The minimum absolute atomic E-state index is 0.124. The summed E-state index contributed by atoms with van der Waals surface area (Å²) in [5.74, 6) is -0.766. The molecule has 1 unspecified atom stereocenters. The topological polar surface area (TPSA) is 83.6 Å². The maximum atomic E-state index is 12.7. The molecule has 144 valence electrons. The molecule has 27 heavy (non-hydrogen) atoms. The van der Waals surface area contributed by atoms with Crippen molar-refractivity contribution in [2.45, 2.75) is 70.4 Å². The highest BCUT2D eigenvalue weighted by molar-refractivity contribution is 6.05. The van der Waals surface area contributed by atoms with Gasteiger partial charge in [-0.3, -0.25) is 19.7 Å². The molecule has 0 aliphatic carbocycles. The Morgan fingerprint density at radius 3 is 2.63 bits per heavy atom. The average Bonchev–Trinajstić information content (AvgIpc) is 2.97. The molecule has 3 amide bonds. The van der Waals surface area contributed by atoms with Crippen molar-refractivity contribution in [1.82, 2.24) is 10.2 Å². The number of aryl methyl sites for hydroxylation is 1. The van der Waals surface area contributed by atoms with E-state index in [2.05, 4.69) is 11.4 Å². The van der Waals surface area contributed by atoms with E-state index in [1.54, 1.807) is 4.90 Å². The number of nitrogens with one attached hydrogen (secondary N) is 1. The third-order valence-electron chi connectivity index (χ3n) is 5.38. The van der Waals surface area contributed by atoms with Gasteiger partial charge >= 0.3 is 0 Å². The van der Waals surface area contributed by atoms with Gasteiger partial charge in [-0.2, -0.15) is 0 Å². The normalized spacial score (nSPS) is 19.2. The number of fused-ring (bicyclic) bond motifs is 1. The van der Waals surface area contributed by atoms with Gasteiger partial charge in [-0.25, -0.2) is 0 Å². The van der Waals surface area contributed by atoms with Gasteiger partial charge in [0.25, 0.3) is 5.91 Å². The Morgan fingerprint density at radius 1 is 1.07 bits per heavy atom. The number of carbonyl (C=O) groups is 4. The Balaban J connectivity index is 1.53. The molecule has 0 bridgehead atoms. The van der Waals surface area contributed by atoms with E-state index in [-0.39, 0.29) is 24.1 Å². The predicted molar refractivity (Wildman–Crippen MR) is 100.0 cm³/mol. The molecule has 1 saturated heterocycles. The van der Waals surface area contributed by atoms with Crippen LogP contribution in [-0.4, -0.2) is 34.9 Å². The largest absolute Gasteiger partial charge is 0.322 e. The van der Waals surface area contributed by atoms with Gasteiger partial charge in [-0.15, -0.1) is 0 Å². The number of nitrogens with zero attached hydrogens (tertiary/aromatic N) is 1. The summed E-state index contributed by atoms with van der Waals surface area (Å²) in [6.45, 7) is 0.431. The number of aldehydes is 1. The van der Waals surface area contributed by atoms with Gasteiger partial charge in [0.1, 0.15) is 12.3 Å². The Kier molecular flexibility index (Phi) is 6.37. The van der Waals surface area contributed by atoms with E-state index in [4.69, 9.17) is 0 Å². The maximum Gasteiger partial charge on any atom is 0.255 e. The first-order valence-corrected chi connectivity index (χ1v) is 9.80. The number of hydrogen-bond donors (Lipinski definition) is 1. The fourth-order valence-electron chi connectivity index (χ4n) is 3.87. The first kappa shape index (κ1) is 19.3. The Labute approximate surface area is 159 Å². The van der Waals surface area contributed by atoms with Gasteiger partial charge < -0.3 is 9.69 Å². The van der Waals surface area contributed by atoms with E-state index in [0.717, 1.165) is 50.4 Å². The van der Waals surface area contributed by atoms with Crippen LogP contribution in [0.4, 0.5) is 0 Å². The van der Waals surface area contributed by atoms with E-state index < -0.39 is 6.04 Å². The van der Waals surface area contributed by atoms with Crippen LogP contribution in [-0.2, 0) is 27.3 Å². The second kappa shape index (κ2) is 8.93. The molecule has 0 radical (unpaired) electrons. The molecular formula is C21H26N2O4. The van der Waals surface area contributed by atoms with Crippen LogP contribution in [0.5, 0.6) is 0 Å². The molecule has 1 aromatic rings. The minimum Gasteiger partial charge on any atom is -0.322 e. The van der Waals surface area contributed by atoms with Crippen molar-refractivity contribution in [1.29, 1.82) is 0 Å². The second-order valence-corrected chi connectivity index (χ2v) is 7.36. The van der Waals surface area contributed by atoms with Crippen LogP contribution in [0.2, 0.25) is 0 Å². The Bertz CT molecular complexity index is 744. The molecule has 2 aliphatic rings. The van der Waals surface area contributed by atoms with Gasteiger partial charge in [0.15, 0.2) is 0 Å². The average molecular weight is 370 g/mol. The molecule has 1 N–H and O–H groups in total. The molecule has 0 spiro atoms. The fraction of sp³-hybridized carbons (Fsp3) is 0.524. The Morgan fingerprint density at radius 2 is 1.85 bits per heavy atom. The summed E-state index contributed by atoms with van der Waals surface area (Å²) in [5, 5.41) is 2.33. The van der Waals surface area contributed by atoms with Gasteiger partial charge in [-0.1, -0.05) is 31.4 Å². The summed E-state index contributed by atoms with van der Waals surface area (Å²) in [4.78, 5) is 47.9. The smallest absolute Gasteiger partial charge is 0.255 e. The SMILES string of the molecule is O=CCCCCCCCc1ccc2c(c1)CN(C1CCC(=O)NC1=O)C2=O. The molecular weight excluding hydrogens is 344 g/mol. The number of unbranched alkanes of at least 4 members (excludes halogenated alkanes) is 5. The van der Waals surface area contributed by atoms with Crippen LogP contribution >= 0.6 is 0 Å². The summed E-state index contributed by atoms with van der Waals surface area (Å²) in [7, 11) is 0. The van der Waals surface area contributed by atoms with Crippen LogP contribution in [0.15, 0.2) is 18.2 Å². The molecule has 1 atom stereocenters. The highest BCUT2D eigenvalue weighted by Crippen LogP contribution is 2.28.